The summed E-state index contributed by atoms with van der Waals surface area (Å²) in [4.78, 5) is 26.2. The lowest BCUT2D eigenvalue weighted by Gasteiger charge is -2.17. The summed E-state index contributed by atoms with van der Waals surface area (Å²) in [6.07, 6.45) is 0.510. The Bertz CT molecular complexity index is 805. The summed E-state index contributed by atoms with van der Waals surface area (Å²) in [7, 11) is 0. The molecule has 3 rings (SSSR count). The molecular formula is C19H20FN3O2. The van der Waals surface area contributed by atoms with Gasteiger partial charge in [-0.1, -0.05) is 17.7 Å². The number of halogens is 1. The van der Waals surface area contributed by atoms with Gasteiger partial charge in [0.2, 0.25) is 5.91 Å². The molecule has 1 heterocycles. The Kier molecular flexibility index (Phi) is 4.70. The van der Waals surface area contributed by atoms with E-state index in [-0.39, 0.29) is 11.7 Å². The van der Waals surface area contributed by atoms with Crippen LogP contribution in [0, 0.1) is 19.7 Å². The van der Waals surface area contributed by atoms with Crippen molar-refractivity contribution in [3.63, 3.8) is 0 Å². The molecule has 3 amide bonds. The van der Waals surface area contributed by atoms with E-state index in [9.17, 15) is 14.0 Å². The van der Waals surface area contributed by atoms with Crippen LogP contribution in [0.5, 0.6) is 0 Å². The van der Waals surface area contributed by atoms with Crippen LogP contribution in [0.15, 0.2) is 42.5 Å². The normalized spacial score (nSPS) is 16.8. The molecule has 2 aromatic carbocycles. The second-order valence-corrected chi connectivity index (χ2v) is 6.22. The molecule has 25 heavy (non-hydrogen) atoms. The molecule has 1 atom stereocenters. The molecule has 0 aliphatic carbocycles. The van der Waals surface area contributed by atoms with E-state index < -0.39 is 12.1 Å². The Balaban J connectivity index is 1.62. The molecule has 0 aromatic heterocycles. The van der Waals surface area contributed by atoms with Crippen molar-refractivity contribution in [2.75, 3.05) is 16.8 Å². The monoisotopic (exact) mass is 341 g/mol. The zero-order valence-corrected chi connectivity index (χ0v) is 14.2. The van der Waals surface area contributed by atoms with Crippen molar-refractivity contribution in [2.24, 2.45) is 0 Å². The highest BCUT2D eigenvalue weighted by atomic mass is 19.1. The molecule has 1 aliphatic heterocycles. The summed E-state index contributed by atoms with van der Waals surface area (Å²) in [5, 5.41) is 5.49. The lowest BCUT2D eigenvalue weighted by atomic mass is 10.1. The molecule has 0 unspecified atom stereocenters. The van der Waals surface area contributed by atoms with Crippen molar-refractivity contribution < 1.29 is 14.0 Å². The minimum Gasteiger partial charge on any atom is -0.326 e. The molecule has 1 fully saturated rings. The van der Waals surface area contributed by atoms with E-state index in [2.05, 4.69) is 10.6 Å². The summed E-state index contributed by atoms with van der Waals surface area (Å²) in [5.41, 5.74) is 3.42. The van der Waals surface area contributed by atoms with E-state index in [1.807, 2.05) is 32.0 Å². The Labute approximate surface area is 145 Å². The van der Waals surface area contributed by atoms with Gasteiger partial charge in [0.1, 0.15) is 11.9 Å². The molecule has 2 N–H and O–H groups in total. The molecule has 6 heteroatoms. The summed E-state index contributed by atoms with van der Waals surface area (Å²) >= 11 is 0. The molecule has 0 bridgehead atoms. The second-order valence-electron chi connectivity index (χ2n) is 6.22. The van der Waals surface area contributed by atoms with E-state index in [4.69, 9.17) is 0 Å². The first-order valence-electron chi connectivity index (χ1n) is 8.16. The van der Waals surface area contributed by atoms with E-state index in [0.717, 1.165) is 11.1 Å². The summed E-state index contributed by atoms with van der Waals surface area (Å²) in [5.74, 6) is -0.541. The molecule has 5 nitrogen and oxygen atoms in total. The first-order valence-corrected chi connectivity index (χ1v) is 8.16. The molecule has 1 aliphatic rings. The predicted octanol–water partition coefficient (Wildman–Crippen LogP) is 3.37. The summed E-state index contributed by atoms with van der Waals surface area (Å²) < 4.78 is 13.0. The van der Waals surface area contributed by atoms with Crippen LogP contribution in [0.3, 0.4) is 0 Å². The van der Waals surface area contributed by atoms with E-state index in [0.29, 0.717) is 24.3 Å². The van der Waals surface area contributed by atoms with Gasteiger partial charge in [-0.3, -0.25) is 4.79 Å². The molecule has 130 valence electrons. The molecule has 2 aromatic rings. The van der Waals surface area contributed by atoms with Crippen LogP contribution >= 0.6 is 0 Å². The van der Waals surface area contributed by atoms with Crippen LogP contribution in [0.2, 0.25) is 0 Å². The Hall–Kier alpha value is -2.89. The maximum absolute atomic E-state index is 13.0. The highest BCUT2D eigenvalue weighted by Crippen LogP contribution is 2.22. The first-order chi connectivity index (χ1) is 11.9. The Morgan fingerprint density at radius 2 is 1.88 bits per heavy atom. The zero-order valence-electron chi connectivity index (χ0n) is 14.2. The number of hydrogen-bond donors (Lipinski definition) is 2. The van der Waals surface area contributed by atoms with E-state index >= 15 is 0 Å². The van der Waals surface area contributed by atoms with Gasteiger partial charge in [-0.15, -0.1) is 0 Å². The highest BCUT2D eigenvalue weighted by Gasteiger charge is 2.33. The molecule has 1 saturated heterocycles. The van der Waals surface area contributed by atoms with Crippen LogP contribution in [0.25, 0.3) is 0 Å². The lowest BCUT2D eigenvalue weighted by molar-refractivity contribution is -0.118. The van der Waals surface area contributed by atoms with Crippen molar-refractivity contribution in [2.45, 2.75) is 26.3 Å². The van der Waals surface area contributed by atoms with Gasteiger partial charge in [-0.05, 0) is 56.2 Å². The molecule has 0 saturated carbocycles. The molecule has 0 radical (unpaired) electrons. The van der Waals surface area contributed by atoms with Gasteiger partial charge in [0.15, 0.2) is 0 Å². The van der Waals surface area contributed by atoms with Gasteiger partial charge >= 0.3 is 6.03 Å². The van der Waals surface area contributed by atoms with E-state index in [1.54, 1.807) is 17.0 Å². The van der Waals surface area contributed by atoms with Crippen LogP contribution in [0.1, 0.15) is 17.5 Å². The smallest absolute Gasteiger partial charge is 0.319 e. The van der Waals surface area contributed by atoms with Gasteiger partial charge in [0, 0.05) is 17.9 Å². The largest absolute Gasteiger partial charge is 0.326 e. The van der Waals surface area contributed by atoms with Gasteiger partial charge in [-0.25, -0.2) is 9.18 Å². The minimum atomic E-state index is -0.587. The third-order valence-electron chi connectivity index (χ3n) is 4.28. The van der Waals surface area contributed by atoms with Crippen molar-refractivity contribution in [3.05, 3.63) is 59.4 Å². The lowest BCUT2D eigenvalue weighted by Crippen LogP contribution is -2.43. The number of anilines is 2. The zero-order chi connectivity index (χ0) is 18.0. The maximum atomic E-state index is 13.0. The van der Waals surface area contributed by atoms with Crippen molar-refractivity contribution in [1.29, 1.82) is 0 Å². The maximum Gasteiger partial charge on any atom is 0.319 e. The van der Waals surface area contributed by atoms with Crippen molar-refractivity contribution in [3.8, 4) is 0 Å². The third kappa shape index (κ3) is 3.79. The average molecular weight is 341 g/mol. The van der Waals surface area contributed by atoms with E-state index in [1.165, 1.54) is 12.1 Å². The topological polar surface area (TPSA) is 61.4 Å². The minimum absolute atomic E-state index is 0.192. The third-order valence-corrected chi connectivity index (χ3v) is 4.28. The Morgan fingerprint density at radius 3 is 2.56 bits per heavy atom. The number of urea groups is 1. The molecule has 0 spiro atoms. The number of nitrogens with zero attached hydrogens (tertiary/aromatic N) is 1. The summed E-state index contributed by atoms with van der Waals surface area (Å²) in [6.45, 7) is 4.39. The second kappa shape index (κ2) is 6.93. The molecular weight excluding hydrogens is 321 g/mol. The number of carbonyl (C=O) groups excluding carboxylic acids is 2. The van der Waals surface area contributed by atoms with Gasteiger partial charge in [-0.2, -0.15) is 0 Å². The quantitative estimate of drug-likeness (QED) is 0.899. The fourth-order valence-corrected chi connectivity index (χ4v) is 2.96. The number of benzene rings is 2. The number of hydrogen-bond acceptors (Lipinski definition) is 2. The Morgan fingerprint density at radius 1 is 1.16 bits per heavy atom. The fourth-order valence-electron chi connectivity index (χ4n) is 2.96. The fraction of sp³-hybridized carbons (Fsp3) is 0.263. The summed E-state index contributed by atoms with van der Waals surface area (Å²) in [6, 6.07) is 10.5. The van der Waals surface area contributed by atoms with Crippen molar-refractivity contribution in [1.82, 2.24) is 5.32 Å². The van der Waals surface area contributed by atoms with Gasteiger partial charge < -0.3 is 15.5 Å². The number of aryl methyl sites for hydroxylation is 2. The van der Waals surface area contributed by atoms with Crippen LogP contribution in [-0.4, -0.2) is 24.5 Å². The number of carbonyl (C=O) groups is 2. The van der Waals surface area contributed by atoms with Crippen molar-refractivity contribution >= 4 is 23.3 Å². The highest BCUT2D eigenvalue weighted by molar-refractivity contribution is 6.02. The predicted molar refractivity (Wildman–Crippen MR) is 95.2 cm³/mol. The van der Waals surface area contributed by atoms with Crippen LogP contribution in [0.4, 0.5) is 20.6 Å². The number of amides is 3. The van der Waals surface area contributed by atoms with Gasteiger partial charge in [0.05, 0.1) is 0 Å². The number of rotatable bonds is 3. The number of nitrogens with one attached hydrogen (secondary N) is 2. The first kappa shape index (κ1) is 17.0. The standard InChI is InChI=1S/C19H20FN3O2/c1-12-3-8-16(13(2)11-12)21-19(25)22-17-9-10-23(18(17)24)15-6-4-14(20)5-7-15/h3-8,11,17H,9-10H2,1-2H3,(H2,21,22,25)/t17-/m1/s1. The SMILES string of the molecule is Cc1ccc(NC(=O)N[C@@H]2CCN(c3ccc(F)cc3)C2=O)c(C)c1. The van der Waals surface area contributed by atoms with Gasteiger partial charge in [0.25, 0.3) is 0 Å². The average Bonchev–Trinajstić information content (AvgIpc) is 2.92. The van der Waals surface area contributed by atoms with Crippen LogP contribution in [-0.2, 0) is 4.79 Å². The van der Waals surface area contributed by atoms with Crippen LogP contribution < -0.4 is 15.5 Å².